The van der Waals surface area contributed by atoms with Gasteiger partial charge >= 0.3 is 0 Å². The lowest BCUT2D eigenvalue weighted by atomic mass is 9.99. The Hall–Kier alpha value is -0.900. The first-order valence-electron chi connectivity index (χ1n) is 6.71. The number of nitrogens with one attached hydrogen (secondary N) is 1. The van der Waals surface area contributed by atoms with Crippen molar-refractivity contribution in [3.05, 3.63) is 62.8 Å². The van der Waals surface area contributed by atoms with Gasteiger partial charge in [0.15, 0.2) is 0 Å². The highest BCUT2D eigenvalue weighted by Gasteiger charge is 2.15. The van der Waals surface area contributed by atoms with Crippen LogP contribution in [-0.2, 0) is 0 Å². The molecule has 2 nitrogen and oxygen atoms in total. The molecule has 0 spiro atoms. The average Bonchev–Trinajstić information content (AvgIpc) is 2.43. The van der Waals surface area contributed by atoms with Gasteiger partial charge in [-0.15, -0.1) is 0 Å². The third-order valence-corrected chi connectivity index (χ3v) is 4.03. The molecule has 1 N–H and O–H groups in total. The molecule has 0 fully saturated rings. The van der Waals surface area contributed by atoms with Crippen molar-refractivity contribution in [1.29, 1.82) is 0 Å². The van der Waals surface area contributed by atoms with E-state index in [0.717, 1.165) is 39.2 Å². The van der Waals surface area contributed by atoms with Gasteiger partial charge in [0, 0.05) is 21.9 Å². The quantitative estimate of drug-likeness (QED) is 0.827. The van der Waals surface area contributed by atoms with Crippen LogP contribution in [0.25, 0.3) is 0 Å². The van der Waals surface area contributed by atoms with E-state index in [-0.39, 0.29) is 6.04 Å². The number of halogens is 2. The predicted octanol–water partition coefficient (Wildman–Crippen LogP) is 4.89. The van der Waals surface area contributed by atoms with E-state index < -0.39 is 0 Å². The molecule has 2 rings (SSSR count). The molecule has 0 aliphatic rings. The van der Waals surface area contributed by atoms with Crippen LogP contribution >= 0.6 is 27.5 Å². The fraction of sp³-hybridized carbons (Fsp3) is 0.312. The summed E-state index contributed by atoms with van der Waals surface area (Å²) < 4.78 is 0.983. The number of aromatic nitrogens is 1. The molecule has 1 aromatic carbocycles. The number of rotatable bonds is 5. The van der Waals surface area contributed by atoms with Crippen molar-refractivity contribution < 1.29 is 0 Å². The molecule has 1 unspecified atom stereocenters. The van der Waals surface area contributed by atoms with Gasteiger partial charge in [-0.05, 0) is 64.6 Å². The molecule has 0 aliphatic heterocycles. The molecule has 0 saturated heterocycles. The van der Waals surface area contributed by atoms with Crippen molar-refractivity contribution in [2.75, 3.05) is 6.54 Å². The SMILES string of the molecule is CCCNC(c1cncc(Br)c1)c1ccc(C)c(Cl)c1. The molecular weight excluding hydrogens is 336 g/mol. The second-order valence-corrected chi connectivity index (χ2v) is 6.16. The topological polar surface area (TPSA) is 24.9 Å². The smallest absolute Gasteiger partial charge is 0.0592 e. The molecule has 1 atom stereocenters. The Morgan fingerprint density at radius 3 is 2.70 bits per heavy atom. The summed E-state index contributed by atoms with van der Waals surface area (Å²) in [7, 11) is 0. The lowest BCUT2D eigenvalue weighted by Crippen LogP contribution is -2.23. The van der Waals surface area contributed by atoms with Crippen LogP contribution in [0.1, 0.15) is 36.1 Å². The van der Waals surface area contributed by atoms with E-state index in [1.807, 2.05) is 19.2 Å². The van der Waals surface area contributed by atoms with Crippen molar-refractivity contribution in [2.45, 2.75) is 26.3 Å². The third kappa shape index (κ3) is 3.81. The number of nitrogens with zero attached hydrogens (tertiary/aromatic N) is 1. The van der Waals surface area contributed by atoms with Crippen molar-refractivity contribution in [3.63, 3.8) is 0 Å². The zero-order chi connectivity index (χ0) is 14.5. The molecule has 0 saturated carbocycles. The Kier molecular flexibility index (Phi) is 5.58. The first kappa shape index (κ1) is 15.5. The highest BCUT2D eigenvalue weighted by Crippen LogP contribution is 2.27. The normalized spacial score (nSPS) is 12.4. The van der Waals surface area contributed by atoms with E-state index in [1.165, 1.54) is 0 Å². The van der Waals surface area contributed by atoms with Crippen LogP contribution in [0.15, 0.2) is 41.1 Å². The molecule has 106 valence electrons. The zero-order valence-electron chi connectivity index (χ0n) is 11.7. The maximum atomic E-state index is 6.26. The van der Waals surface area contributed by atoms with Gasteiger partial charge in [0.05, 0.1) is 6.04 Å². The second kappa shape index (κ2) is 7.21. The molecule has 0 bridgehead atoms. The Labute approximate surface area is 133 Å². The maximum absolute atomic E-state index is 6.26. The molecule has 0 amide bonds. The minimum Gasteiger partial charge on any atom is -0.306 e. The van der Waals surface area contributed by atoms with E-state index in [9.17, 15) is 0 Å². The maximum Gasteiger partial charge on any atom is 0.0592 e. The standard InChI is InChI=1S/C16H18BrClN2/c1-3-6-20-16(13-7-14(17)10-19-9-13)12-5-4-11(2)15(18)8-12/h4-5,7-10,16,20H,3,6H2,1-2H3. The second-order valence-electron chi connectivity index (χ2n) is 4.83. The van der Waals surface area contributed by atoms with Crippen molar-refractivity contribution in [3.8, 4) is 0 Å². The van der Waals surface area contributed by atoms with Gasteiger partial charge in [0.1, 0.15) is 0 Å². The summed E-state index contributed by atoms with van der Waals surface area (Å²) in [6, 6.07) is 8.41. The summed E-state index contributed by atoms with van der Waals surface area (Å²) in [5, 5.41) is 4.36. The number of hydrogen-bond donors (Lipinski definition) is 1. The van der Waals surface area contributed by atoms with E-state index in [4.69, 9.17) is 11.6 Å². The average molecular weight is 354 g/mol. The summed E-state index contributed by atoms with van der Waals surface area (Å²) in [4.78, 5) is 4.26. The van der Waals surface area contributed by atoms with Gasteiger partial charge in [0.25, 0.3) is 0 Å². The van der Waals surface area contributed by atoms with Crippen LogP contribution in [-0.4, -0.2) is 11.5 Å². The van der Waals surface area contributed by atoms with Gasteiger partial charge in [-0.1, -0.05) is 30.7 Å². The largest absolute Gasteiger partial charge is 0.306 e. The fourth-order valence-electron chi connectivity index (χ4n) is 2.09. The summed E-state index contributed by atoms with van der Waals surface area (Å²) in [6.07, 6.45) is 4.77. The lowest BCUT2D eigenvalue weighted by molar-refractivity contribution is 0.596. The highest BCUT2D eigenvalue weighted by molar-refractivity contribution is 9.10. The highest BCUT2D eigenvalue weighted by atomic mass is 79.9. The molecule has 0 radical (unpaired) electrons. The zero-order valence-corrected chi connectivity index (χ0v) is 14.0. The minimum atomic E-state index is 0.109. The molecule has 1 aromatic heterocycles. The Bertz CT molecular complexity index is 586. The lowest BCUT2D eigenvalue weighted by Gasteiger charge is -2.20. The van der Waals surface area contributed by atoms with Crippen LogP contribution in [0.5, 0.6) is 0 Å². The van der Waals surface area contributed by atoms with Gasteiger partial charge in [0.2, 0.25) is 0 Å². The third-order valence-electron chi connectivity index (χ3n) is 3.19. The summed E-state index contributed by atoms with van der Waals surface area (Å²) in [5.74, 6) is 0. The summed E-state index contributed by atoms with van der Waals surface area (Å²) in [6.45, 7) is 5.12. The molecule has 1 heterocycles. The first-order valence-corrected chi connectivity index (χ1v) is 7.88. The summed E-state index contributed by atoms with van der Waals surface area (Å²) >= 11 is 9.74. The van der Waals surface area contributed by atoms with Crippen LogP contribution in [0.2, 0.25) is 5.02 Å². The van der Waals surface area contributed by atoms with E-state index in [0.29, 0.717) is 0 Å². The van der Waals surface area contributed by atoms with E-state index >= 15 is 0 Å². The fourth-order valence-corrected chi connectivity index (χ4v) is 2.66. The first-order chi connectivity index (χ1) is 9.61. The monoisotopic (exact) mass is 352 g/mol. The number of aryl methyl sites for hydroxylation is 1. The van der Waals surface area contributed by atoms with Crippen molar-refractivity contribution in [2.24, 2.45) is 0 Å². The van der Waals surface area contributed by atoms with E-state index in [2.05, 4.69) is 51.4 Å². The van der Waals surface area contributed by atoms with Crippen LogP contribution in [0, 0.1) is 6.92 Å². The van der Waals surface area contributed by atoms with E-state index in [1.54, 1.807) is 6.20 Å². The number of pyridine rings is 1. The van der Waals surface area contributed by atoms with Crippen molar-refractivity contribution >= 4 is 27.5 Å². The van der Waals surface area contributed by atoms with Crippen molar-refractivity contribution in [1.82, 2.24) is 10.3 Å². The van der Waals surface area contributed by atoms with Crippen LogP contribution < -0.4 is 5.32 Å². The number of benzene rings is 1. The molecule has 4 heteroatoms. The van der Waals surface area contributed by atoms with Crippen LogP contribution in [0.4, 0.5) is 0 Å². The Balaban J connectivity index is 2.38. The Morgan fingerprint density at radius 1 is 1.25 bits per heavy atom. The van der Waals surface area contributed by atoms with Crippen LogP contribution in [0.3, 0.4) is 0 Å². The molecule has 0 aliphatic carbocycles. The minimum absolute atomic E-state index is 0.109. The predicted molar refractivity (Wildman–Crippen MR) is 88.3 cm³/mol. The van der Waals surface area contributed by atoms with Gasteiger partial charge in [-0.3, -0.25) is 4.98 Å². The van der Waals surface area contributed by atoms with Gasteiger partial charge in [-0.25, -0.2) is 0 Å². The summed E-state index contributed by atoms with van der Waals surface area (Å²) in [5.41, 5.74) is 3.39. The Morgan fingerprint density at radius 2 is 2.05 bits per heavy atom. The number of hydrogen-bond acceptors (Lipinski definition) is 2. The van der Waals surface area contributed by atoms with Gasteiger partial charge in [-0.2, -0.15) is 0 Å². The molecular formula is C16H18BrClN2. The molecule has 20 heavy (non-hydrogen) atoms. The van der Waals surface area contributed by atoms with Gasteiger partial charge < -0.3 is 5.32 Å². The molecule has 2 aromatic rings.